The Labute approximate surface area is 114 Å². The fourth-order valence-corrected chi connectivity index (χ4v) is 2.91. The van der Waals surface area contributed by atoms with Crippen LogP contribution in [0.1, 0.15) is 13.3 Å². The summed E-state index contributed by atoms with van der Waals surface area (Å²) in [6, 6.07) is 6.98. The van der Waals surface area contributed by atoms with Crippen molar-refractivity contribution in [3.05, 3.63) is 35.5 Å². The van der Waals surface area contributed by atoms with E-state index in [0.29, 0.717) is 10.5 Å². The lowest BCUT2D eigenvalue weighted by Gasteiger charge is -2.07. The van der Waals surface area contributed by atoms with Crippen LogP contribution in [0.3, 0.4) is 0 Å². The number of nitrogens with zero attached hydrogens (tertiary/aromatic N) is 2. The molecule has 3 nitrogen and oxygen atoms in total. The van der Waals surface area contributed by atoms with Crippen molar-refractivity contribution < 1.29 is 4.39 Å². The van der Waals surface area contributed by atoms with Gasteiger partial charge in [-0.05, 0) is 30.0 Å². The minimum atomic E-state index is -0.289. The summed E-state index contributed by atoms with van der Waals surface area (Å²) >= 11 is 1.47. The molecule has 0 fully saturated rings. The Morgan fingerprint density at radius 1 is 1.37 bits per heavy atom. The van der Waals surface area contributed by atoms with Crippen LogP contribution in [0.2, 0.25) is 0 Å². The van der Waals surface area contributed by atoms with Crippen molar-refractivity contribution in [2.45, 2.75) is 19.9 Å². The molecule has 0 unspecified atom stereocenters. The van der Waals surface area contributed by atoms with Gasteiger partial charge in [0.05, 0.1) is 16.1 Å². The van der Waals surface area contributed by atoms with Crippen LogP contribution in [-0.4, -0.2) is 9.55 Å². The Hall–Kier alpha value is -1.88. The Kier molecular flexibility index (Phi) is 2.98. The molecular weight excluding hydrogens is 261 g/mol. The van der Waals surface area contributed by atoms with E-state index in [2.05, 4.69) is 11.9 Å². The number of imidazole rings is 1. The van der Waals surface area contributed by atoms with Crippen molar-refractivity contribution >= 4 is 27.4 Å². The highest BCUT2D eigenvalue weighted by Crippen LogP contribution is 2.33. The molecule has 0 saturated carbocycles. The number of halogens is 1. The zero-order chi connectivity index (χ0) is 13.4. The maximum absolute atomic E-state index is 13.9. The molecule has 0 spiro atoms. The van der Waals surface area contributed by atoms with Gasteiger partial charge in [-0.3, -0.25) is 0 Å². The fraction of sp³-hybridized carbons (Fsp3) is 0.214. The summed E-state index contributed by atoms with van der Waals surface area (Å²) in [5, 5.41) is 2.64. The number of thiophene rings is 1. The third-order valence-electron chi connectivity index (χ3n) is 3.11. The Bertz CT molecular complexity index is 729. The first-order valence-electron chi connectivity index (χ1n) is 6.20. The zero-order valence-corrected chi connectivity index (χ0v) is 11.4. The number of rotatable bonds is 3. The summed E-state index contributed by atoms with van der Waals surface area (Å²) in [6.45, 7) is 2.89. The molecule has 5 heteroatoms. The Balaban J connectivity index is 2.32. The van der Waals surface area contributed by atoms with Gasteiger partial charge in [0.2, 0.25) is 0 Å². The van der Waals surface area contributed by atoms with Gasteiger partial charge in [0.25, 0.3) is 0 Å². The zero-order valence-electron chi connectivity index (χ0n) is 10.6. The molecule has 0 saturated heterocycles. The number of fused-ring (bicyclic) bond motifs is 1. The monoisotopic (exact) mass is 275 g/mol. The minimum Gasteiger partial charge on any atom is -0.390 e. The average Bonchev–Trinajstić information content (AvgIpc) is 2.95. The maximum atomic E-state index is 13.9. The number of aryl methyl sites for hydroxylation is 1. The number of benzene rings is 1. The summed E-state index contributed by atoms with van der Waals surface area (Å²) in [6.07, 6.45) is 0.957. The van der Waals surface area contributed by atoms with Crippen LogP contribution >= 0.6 is 11.3 Å². The SMILES string of the molecule is CCCn1c(-c2ccsc2N)nc2c(F)cccc21. The molecule has 2 aromatic heterocycles. The van der Waals surface area contributed by atoms with Crippen molar-refractivity contribution in [1.29, 1.82) is 0 Å². The number of hydrogen-bond acceptors (Lipinski definition) is 3. The van der Waals surface area contributed by atoms with Crippen LogP contribution in [0.25, 0.3) is 22.4 Å². The summed E-state index contributed by atoms with van der Waals surface area (Å²) in [4.78, 5) is 4.45. The van der Waals surface area contributed by atoms with E-state index in [1.54, 1.807) is 6.07 Å². The van der Waals surface area contributed by atoms with E-state index in [4.69, 9.17) is 5.73 Å². The first-order chi connectivity index (χ1) is 9.22. The van der Waals surface area contributed by atoms with Crippen LogP contribution in [0.4, 0.5) is 9.39 Å². The molecule has 3 aromatic rings. The van der Waals surface area contributed by atoms with Gasteiger partial charge >= 0.3 is 0 Å². The van der Waals surface area contributed by atoms with E-state index in [1.807, 2.05) is 22.1 Å². The number of anilines is 1. The Morgan fingerprint density at radius 2 is 2.21 bits per heavy atom. The van der Waals surface area contributed by atoms with Crippen molar-refractivity contribution in [3.63, 3.8) is 0 Å². The molecule has 0 amide bonds. The van der Waals surface area contributed by atoms with Gasteiger partial charge in [0.15, 0.2) is 5.82 Å². The second-order valence-electron chi connectivity index (χ2n) is 4.39. The van der Waals surface area contributed by atoms with E-state index < -0.39 is 0 Å². The summed E-state index contributed by atoms with van der Waals surface area (Å²) in [5.74, 6) is 0.461. The van der Waals surface area contributed by atoms with E-state index in [-0.39, 0.29) is 5.82 Å². The first kappa shape index (κ1) is 12.2. The molecule has 19 heavy (non-hydrogen) atoms. The highest BCUT2D eigenvalue weighted by molar-refractivity contribution is 7.14. The number of nitrogen functional groups attached to an aromatic ring is 1. The van der Waals surface area contributed by atoms with Crippen molar-refractivity contribution in [2.75, 3.05) is 5.73 Å². The molecule has 0 aliphatic rings. The van der Waals surface area contributed by atoms with Gasteiger partial charge in [0, 0.05) is 6.54 Å². The predicted molar refractivity (Wildman–Crippen MR) is 77.7 cm³/mol. The van der Waals surface area contributed by atoms with Gasteiger partial charge in [-0.25, -0.2) is 9.37 Å². The second-order valence-corrected chi connectivity index (χ2v) is 5.34. The topological polar surface area (TPSA) is 43.8 Å². The van der Waals surface area contributed by atoms with Gasteiger partial charge in [0.1, 0.15) is 11.3 Å². The predicted octanol–water partition coefficient (Wildman–Crippen LogP) is 3.90. The molecule has 98 valence electrons. The fourth-order valence-electron chi connectivity index (χ4n) is 2.27. The van der Waals surface area contributed by atoms with Gasteiger partial charge in [-0.15, -0.1) is 11.3 Å². The summed E-state index contributed by atoms with van der Waals surface area (Å²) < 4.78 is 15.9. The molecule has 0 radical (unpaired) electrons. The van der Waals surface area contributed by atoms with Crippen molar-refractivity contribution in [2.24, 2.45) is 0 Å². The van der Waals surface area contributed by atoms with Gasteiger partial charge in [-0.2, -0.15) is 0 Å². The highest BCUT2D eigenvalue weighted by atomic mass is 32.1. The first-order valence-corrected chi connectivity index (χ1v) is 7.08. The molecule has 2 N–H and O–H groups in total. The highest BCUT2D eigenvalue weighted by Gasteiger charge is 2.16. The third kappa shape index (κ3) is 1.90. The lowest BCUT2D eigenvalue weighted by Crippen LogP contribution is -2.00. The molecule has 0 aliphatic carbocycles. The summed E-state index contributed by atoms with van der Waals surface area (Å²) in [5.41, 5.74) is 8.09. The van der Waals surface area contributed by atoms with E-state index in [0.717, 1.165) is 29.9 Å². The minimum absolute atomic E-state index is 0.289. The van der Waals surface area contributed by atoms with Crippen LogP contribution in [0, 0.1) is 5.82 Å². The van der Waals surface area contributed by atoms with Crippen LogP contribution in [0.5, 0.6) is 0 Å². The van der Waals surface area contributed by atoms with E-state index in [1.165, 1.54) is 17.4 Å². The molecule has 0 atom stereocenters. The molecule has 0 bridgehead atoms. The normalized spacial score (nSPS) is 11.3. The van der Waals surface area contributed by atoms with Crippen LogP contribution < -0.4 is 5.73 Å². The number of para-hydroxylation sites is 1. The lowest BCUT2D eigenvalue weighted by atomic mass is 10.3. The molecule has 1 aromatic carbocycles. The molecule has 0 aliphatic heterocycles. The maximum Gasteiger partial charge on any atom is 0.151 e. The molecule has 2 heterocycles. The largest absolute Gasteiger partial charge is 0.390 e. The van der Waals surface area contributed by atoms with Crippen LogP contribution in [-0.2, 0) is 6.54 Å². The standard InChI is InChI=1S/C14H14FN3S/c1-2-7-18-11-5-3-4-10(15)12(11)17-14(18)9-6-8-19-13(9)16/h3-6,8H,2,7,16H2,1H3. The smallest absolute Gasteiger partial charge is 0.151 e. The van der Waals surface area contributed by atoms with Gasteiger partial charge in [-0.1, -0.05) is 13.0 Å². The van der Waals surface area contributed by atoms with Crippen LogP contribution in [0.15, 0.2) is 29.6 Å². The third-order valence-corrected chi connectivity index (χ3v) is 3.86. The van der Waals surface area contributed by atoms with Crippen molar-refractivity contribution in [3.8, 4) is 11.4 Å². The lowest BCUT2D eigenvalue weighted by molar-refractivity contribution is 0.637. The average molecular weight is 275 g/mol. The van der Waals surface area contributed by atoms with Gasteiger partial charge < -0.3 is 10.3 Å². The second kappa shape index (κ2) is 4.66. The van der Waals surface area contributed by atoms with Crippen molar-refractivity contribution in [1.82, 2.24) is 9.55 Å². The molecular formula is C14H14FN3S. The number of hydrogen-bond donors (Lipinski definition) is 1. The number of nitrogens with two attached hydrogens (primary N) is 1. The summed E-state index contributed by atoms with van der Waals surface area (Å²) in [7, 11) is 0. The van der Waals surface area contributed by atoms with E-state index >= 15 is 0 Å². The number of aromatic nitrogens is 2. The quantitative estimate of drug-likeness (QED) is 0.788. The Morgan fingerprint density at radius 3 is 2.89 bits per heavy atom. The molecule has 3 rings (SSSR count). The van der Waals surface area contributed by atoms with E-state index in [9.17, 15) is 4.39 Å².